The van der Waals surface area contributed by atoms with Crippen LogP contribution in [0.5, 0.6) is 0 Å². The van der Waals surface area contributed by atoms with Crippen LogP contribution >= 0.6 is 0 Å². The van der Waals surface area contributed by atoms with Gasteiger partial charge in [-0.2, -0.15) is 0 Å². The molecule has 6 nitrogen and oxygen atoms in total. The molecule has 29 heavy (non-hydrogen) atoms. The molecular formula is C19H16F2N2O4S2. The summed E-state index contributed by atoms with van der Waals surface area (Å²) in [5, 5.41) is 0. The van der Waals surface area contributed by atoms with Crippen molar-refractivity contribution in [2.24, 2.45) is 0 Å². The van der Waals surface area contributed by atoms with E-state index in [-0.39, 0.29) is 21.2 Å². The van der Waals surface area contributed by atoms with Crippen molar-refractivity contribution in [2.45, 2.75) is 16.7 Å². The van der Waals surface area contributed by atoms with E-state index < -0.39 is 31.7 Å². The highest BCUT2D eigenvalue weighted by atomic mass is 32.2. The van der Waals surface area contributed by atoms with Crippen molar-refractivity contribution in [2.75, 3.05) is 9.44 Å². The molecule has 0 atom stereocenters. The van der Waals surface area contributed by atoms with Gasteiger partial charge >= 0.3 is 0 Å². The Kier molecular flexibility index (Phi) is 5.58. The van der Waals surface area contributed by atoms with Crippen molar-refractivity contribution in [3.8, 4) is 0 Å². The molecule has 0 aliphatic rings. The van der Waals surface area contributed by atoms with E-state index in [1.165, 1.54) is 49.4 Å². The molecule has 10 heteroatoms. The van der Waals surface area contributed by atoms with Crippen LogP contribution in [-0.4, -0.2) is 16.8 Å². The molecule has 2 N–H and O–H groups in total. The molecule has 0 saturated carbocycles. The van der Waals surface area contributed by atoms with E-state index in [0.29, 0.717) is 5.56 Å². The molecule has 0 saturated heterocycles. The van der Waals surface area contributed by atoms with Gasteiger partial charge in [-0.25, -0.2) is 25.6 Å². The van der Waals surface area contributed by atoms with Crippen LogP contribution in [-0.2, 0) is 20.0 Å². The van der Waals surface area contributed by atoms with E-state index in [9.17, 15) is 25.6 Å². The molecular weight excluding hydrogens is 422 g/mol. The first-order valence-electron chi connectivity index (χ1n) is 8.25. The molecule has 0 aliphatic carbocycles. The average molecular weight is 438 g/mol. The third-order valence-corrected chi connectivity index (χ3v) is 6.84. The van der Waals surface area contributed by atoms with Crippen molar-refractivity contribution in [3.05, 3.63) is 83.9 Å². The van der Waals surface area contributed by atoms with Gasteiger partial charge in [0.2, 0.25) is 0 Å². The van der Waals surface area contributed by atoms with Crippen molar-refractivity contribution in [3.63, 3.8) is 0 Å². The molecule has 0 amide bonds. The Hall–Kier alpha value is -2.98. The lowest BCUT2D eigenvalue weighted by atomic mass is 10.2. The Balaban J connectivity index is 1.95. The van der Waals surface area contributed by atoms with Crippen LogP contribution in [0, 0.1) is 18.6 Å². The molecule has 3 rings (SSSR count). The maximum absolute atomic E-state index is 13.8. The summed E-state index contributed by atoms with van der Waals surface area (Å²) in [7, 11) is -8.34. The minimum atomic E-state index is -4.20. The predicted octanol–water partition coefficient (Wildman–Crippen LogP) is 3.87. The fourth-order valence-electron chi connectivity index (χ4n) is 2.55. The zero-order valence-corrected chi connectivity index (χ0v) is 16.7. The van der Waals surface area contributed by atoms with Crippen LogP contribution in [0.4, 0.5) is 20.2 Å². The number of halogens is 2. The number of rotatable bonds is 6. The number of hydrogen-bond donors (Lipinski definition) is 2. The second-order valence-electron chi connectivity index (χ2n) is 6.13. The summed E-state index contributed by atoms with van der Waals surface area (Å²) >= 11 is 0. The van der Waals surface area contributed by atoms with Gasteiger partial charge < -0.3 is 0 Å². The Morgan fingerprint density at radius 1 is 0.759 bits per heavy atom. The first-order chi connectivity index (χ1) is 13.6. The Morgan fingerprint density at radius 2 is 1.48 bits per heavy atom. The second-order valence-corrected chi connectivity index (χ2v) is 9.46. The molecule has 0 fully saturated rings. The SMILES string of the molecule is Cc1ccc(NS(=O)(=O)c2cccc(F)c2)cc1S(=O)(=O)Nc1ccccc1F. The van der Waals surface area contributed by atoms with Gasteiger partial charge in [0.25, 0.3) is 20.0 Å². The largest absolute Gasteiger partial charge is 0.280 e. The lowest BCUT2D eigenvalue weighted by Gasteiger charge is -2.14. The maximum Gasteiger partial charge on any atom is 0.262 e. The number of aryl methyl sites for hydroxylation is 1. The van der Waals surface area contributed by atoms with Gasteiger partial charge in [0.1, 0.15) is 11.6 Å². The zero-order chi connectivity index (χ0) is 21.2. The van der Waals surface area contributed by atoms with Gasteiger partial charge in [-0.05, 0) is 55.0 Å². The van der Waals surface area contributed by atoms with Crippen molar-refractivity contribution >= 4 is 31.4 Å². The molecule has 0 unspecified atom stereocenters. The molecule has 0 bridgehead atoms. The van der Waals surface area contributed by atoms with E-state index >= 15 is 0 Å². The van der Waals surface area contributed by atoms with Gasteiger partial charge in [-0.3, -0.25) is 9.44 Å². The van der Waals surface area contributed by atoms with Crippen LogP contribution < -0.4 is 9.44 Å². The quantitative estimate of drug-likeness (QED) is 0.611. The van der Waals surface area contributed by atoms with Gasteiger partial charge in [-0.1, -0.05) is 24.3 Å². The van der Waals surface area contributed by atoms with Gasteiger partial charge in [0, 0.05) is 0 Å². The van der Waals surface area contributed by atoms with Crippen LogP contribution in [0.15, 0.2) is 76.5 Å². The summed E-state index contributed by atoms with van der Waals surface area (Å²) in [5.74, 6) is -1.48. The van der Waals surface area contributed by atoms with Gasteiger partial charge in [-0.15, -0.1) is 0 Å². The zero-order valence-electron chi connectivity index (χ0n) is 15.1. The fourth-order valence-corrected chi connectivity index (χ4v) is 4.96. The predicted molar refractivity (Wildman–Crippen MR) is 106 cm³/mol. The molecule has 3 aromatic rings. The first-order valence-corrected chi connectivity index (χ1v) is 11.2. The number of sulfonamides is 2. The highest BCUT2D eigenvalue weighted by molar-refractivity contribution is 7.93. The Bertz CT molecular complexity index is 1280. The number of hydrogen-bond acceptors (Lipinski definition) is 4. The molecule has 3 aromatic carbocycles. The smallest absolute Gasteiger partial charge is 0.262 e. The highest BCUT2D eigenvalue weighted by Gasteiger charge is 2.21. The van der Waals surface area contributed by atoms with E-state index in [1.54, 1.807) is 0 Å². The minimum absolute atomic E-state index is 0.0474. The lowest BCUT2D eigenvalue weighted by molar-refractivity contribution is 0.594. The summed E-state index contributed by atoms with van der Waals surface area (Å²) in [6.45, 7) is 1.51. The highest BCUT2D eigenvalue weighted by Crippen LogP contribution is 2.25. The number of benzene rings is 3. The Labute approximate surface area is 167 Å². The number of nitrogens with one attached hydrogen (secondary N) is 2. The summed E-state index contributed by atoms with van der Waals surface area (Å²) in [5.41, 5.74) is 0.0361. The topological polar surface area (TPSA) is 92.3 Å². The van der Waals surface area contributed by atoms with E-state index in [1.807, 2.05) is 0 Å². The molecule has 0 spiro atoms. The molecule has 0 radical (unpaired) electrons. The molecule has 0 heterocycles. The van der Waals surface area contributed by atoms with E-state index in [0.717, 1.165) is 24.3 Å². The third kappa shape index (κ3) is 4.72. The third-order valence-electron chi connectivity index (χ3n) is 3.95. The number of anilines is 2. The molecule has 0 aromatic heterocycles. The normalized spacial score (nSPS) is 11.8. The summed E-state index contributed by atoms with van der Waals surface area (Å²) in [6, 6.07) is 13.5. The lowest BCUT2D eigenvalue weighted by Crippen LogP contribution is -2.17. The van der Waals surface area contributed by atoms with Crippen molar-refractivity contribution < 1.29 is 25.6 Å². The van der Waals surface area contributed by atoms with Crippen molar-refractivity contribution in [1.82, 2.24) is 0 Å². The van der Waals surface area contributed by atoms with Crippen LogP contribution in [0.1, 0.15) is 5.56 Å². The van der Waals surface area contributed by atoms with Crippen molar-refractivity contribution in [1.29, 1.82) is 0 Å². The molecule has 0 aliphatic heterocycles. The van der Waals surface area contributed by atoms with Crippen LogP contribution in [0.3, 0.4) is 0 Å². The Morgan fingerprint density at radius 3 is 2.17 bits per heavy atom. The second kappa shape index (κ2) is 7.80. The van der Waals surface area contributed by atoms with Gasteiger partial charge in [0.15, 0.2) is 0 Å². The van der Waals surface area contributed by atoms with Crippen LogP contribution in [0.25, 0.3) is 0 Å². The average Bonchev–Trinajstić information content (AvgIpc) is 2.65. The summed E-state index contributed by atoms with van der Waals surface area (Å²) in [4.78, 5) is -0.549. The molecule has 152 valence electrons. The first kappa shape index (κ1) is 20.7. The van der Waals surface area contributed by atoms with E-state index in [4.69, 9.17) is 0 Å². The monoisotopic (exact) mass is 438 g/mol. The maximum atomic E-state index is 13.8. The summed E-state index contributed by atoms with van der Waals surface area (Å²) in [6.07, 6.45) is 0. The number of para-hydroxylation sites is 1. The minimum Gasteiger partial charge on any atom is -0.280 e. The van der Waals surface area contributed by atoms with Crippen LogP contribution in [0.2, 0.25) is 0 Å². The van der Waals surface area contributed by atoms with Gasteiger partial charge in [0.05, 0.1) is 21.2 Å². The standard InChI is InChI=1S/C19H16F2N2O4S2/c1-13-9-10-15(22-28(24,25)16-6-4-5-14(20)11-16)12-19(13)29(26,27)23-18-8-3-2-7-17(18)21/h2-12,22-23H,1H3. The summed E-state index contributed by atoms with van der Waals surface area (Å²) < 4.78 is 81.8. The fraction of sp³-hybridized carbons (Fsp3) is 0.0526. The van der Waals surface area contributed by atoms with E-state index in [2.05, 4.69) is 9.44 Å².